The number of aryl methyl sites for hydroxylation is 1. The average molecular weight is 242 g/mol. The molecular weight excluding hydrogens is 228 g/mol. The molecule has 0 saturated heterocycles. The molecule has 0 radical (unpaired) electrons. The van der Waals surface area contributed by atoms with Crippen LogP contribution in [0.25, 0.3) is 11.3 Å². The van der Waals surface area contributed by atoms with Gasteiger partial charge < -0.3 is 9.15 Å². The topological polar surface area (TPSA) is 39.4 Å². The van der Waals surface area contributed by atoms with Gasteiger partial charge in [-0.05, 0) is 13.0 Å². The van der Waals surface area contributed by atoms with Crippen LogP contribution < -0.4 is 0 Å². The molecule has 3 nitrogen and oxygen atoms in total. The van der Waals surface area contributed by atoms with Gasteiger partial charge in [0.2, 0.25) is 0 Å². The second kappa shape index (κ2) is 5.36. The largest absolute Gasteiger partial charge is 0.460 e. The number of carbonyl (C=O) groups excluding carboxylic acids is 1. The van der Waals surface area contributed by atoms with E-state index in [4.69, 9.17) is 9.15 Å². The summed E-state index contributed by atoms with van der Waals surface area (Å²) in [5, 5.41) is 0. The Labute approximate surface area is 106 Å². The van der Waals surface area contributed by atoms with Crippen LogP contribution in [0.5, 0.6) is 0 Å². The fourth-order valence-electron chi connectivity index (χ4n) is 1.64. The molecular formula is C15H14O3. The molecule has 0 saturated carbocycles. The van der Waals surface area contributed by atoms with E-state index in [1.165, 1.54) is 6.08 Å². The molecule has 0 amide bonds. The number of ether oxygens (including phenoxy) is 1. The Kier molecular flexibility index (Phi) is 3.63. The van der Waals surface area contributed by atoms with E-state index in [0.717, 1.165) is 5.56 Å². The van der Waals surface area contributed by atoms with Crippen molar-refractivity contribution in [3.05, 3.63) is 60.4 Å². The lowest BCUT2D eigenvalue weighted by Crippen LogP contribution is -2.04. The number of esters is 1. The molecule has 3 heteroatoms. The van der Waals surface area contributed by atoms with Crippen LogP contribution in [0.4, 0.5) is 0 Å². The second-order valence-electron chi connectivity index (χ2n) is 3.83. The van der Waals surface area contributed by atoms with E-state index in [9.17, 15) is 4.79 Å². The van der Waals surface area contributed by atoms with Crippen molar-refractivity contribution in [1.82, 2.24) is 0 Å². The summed E-state index contributed by atoms with van der Waals surface area (Å²) in [6.07, 6.45) is 1.53. The number of furan rings is 1. The predicted octanol–water partition coefficient (Wildman–Crippen LogP) is 3.60. The van der Waals surface area contributed by atoms with E-state index in [-0.39, 0.29) is 6.61 Å². The van der Waals surface area contributed by atoms with Crippen LogP contribution in [-0.2, 0) is 4.74 Å². The molecule has 0 atom stereocenters. The molecule has 0 fully saturated rings. The lowest BCUT2D eigenvalue weighted by atomic mass is 10.1. The number of hydrogen-bond donors (Lipinski definition) is 0. The van der Waals surface area contributed by atoms with Gasteiger partial charge in [0.05, 0.1) is 0 Å². The maximum absolute atomic E-state index is 11.7. The summed E-state index contributed by atoms with van der Waals surface area (Å²) in [7, 11) is 0. The highest BCUT2D eigenvalue weighted by Gasteiger charge is 2.16. The van der Waals surface area contributed by atoms with E-state index in [1.54, 1.807) is 13.0 Å². The lowest BCUT2D eigenvalue weighted by molar-refractivity contribution is 0.0548. The zero-order valence-corrected chi connectivity index (χ0v) is 10.2. The van der Waals surface area contributed by atoms with Crippen molar-refractivity contribution in [2.45, 2.75) is 6.92 Å². The Bertz CT molecular complexity index is 552. The van der Waals surface area contributed by atoms with Crippen LogP contribution in [-0.4, -0.2) is 12.6 Å². The van der Waals surface area contributed by atoms with Crippen molar-refractivity contribution in [1.29, 1.82) is 0 Å². The highest BCUT2D eigenvalue weighted by atomic mass is 16.5. The Morgan fingerprint density at radius 1 is 1.39 bits per heavy atom. The molecule has 0 bridgehead atoms. The van der Waals surface area contributed by atoms with Crippen LogP contribution in [0.1, 0.15) is 16.1 Å². The SMILES string of the molecule is C=CCOC(=O)c1cc(-c2ccccc2)oc1C. The first-order valence-electron chi connectivity index (χ1n) is 5.66. The van der Waals surface area contributed by atoms with Gasteiger partial charge in [-0.25, -0.2) is 4.79 Å². The van der Waals surface area contributed by atoms with Crippen molar-refractivity contribution in [3.63, 3.8) is 0 Å². The van der Waals surface area contributed by atoms with Gasteiger partial charge in [0.15, 0.2) is 0 Å². The highest BCUT2D eigenvalue weighted by molar-refractivity contribution is 5.91. The van der Waals surface area contributed by atoms with E-state index >= 15 is 0 Å². The predicted molar refractivity (Wildman–Crippen MR) is 69.4 cm³/mol. The number of benzene rings is 1. The second-order valence-corrected chi connectivity index (χ2v) is 3.83. The summed E-state index contributed by atoms with van der Waals surface area (Å²) in [6, 6.07) is 11.3. The molecule has 0 N–H and O–H groups in total. The van der Waals surface area contributed by atoms with Crippen LogP contribution in [0.2, 0.25) is 0 Å². The molecule has 92 valence electrons. The van der Waals surface area contributed by atoms with Gasteiger partial charge in [0.1, 0.15) is 23.7 Å². The standard InChI is InChI=1S/C15H14O3/c1-3-9-17-15(16)13-10-14(18-11(13)2)12-7-5-4-6-8-12/h3-8,10H,1,9H2,2H3. The van der Waals surface area contributed by atoms with Gasteiger partial charge in [0, 0.05) is 5.56 Å². The monoisotopic (exact) mass is 242 g/mol. The Hall–Kier alpha value is -2.29. The molecule has 1 heterocycles. The zero-order chi connectivity index (χ0) is 13.0. The summed E-state index contributed by atoms with van der Waals surface area (Å²) in [5.74, 6) is 0.833. The zero-order valence-electron chi connectivity index (χ0n) is 10.2. The molecule has 0 aliphatic carbocycles. The fourth-order valence-corrected chi connectivity index (χ4v) is 1.64. The quantitative estimate of drug-likeness (QED) is 0.607. The minimum Gasteiger partial charge on any atom is -0.460 e. The third-order valence-corrected chi connectivity index (χ3v) is 2.53. The first-order valence-corrected chi connectivity index (χ1v) is 5.66. The maximum atomic E-state index is 11.7. The number of carbonyl (C=O) groups is 1. The van der Waals surface area contributed by atoms with Crippen LogP contribution >= 0.6 is 0 Å². The Balaban J connectivity index is 2.27. The van der Waals surface area contributed by atoms with E-state index in [1.807, 2.05) is 30.3 Å². The average Bonchev–Trinajstić information content (AvgIpc) is 2.79. The first-order chi connectivity index (χ1) is 8.72. The molecule has 18 heavy (non-hydrogen) atoms. The molecule has 2 aromatic rings. The van der Waals surface area contributed by atoms with E-state index in [2.05, 4.69) is 6.58 Å². The van der Waals surface area contributed by atoms with E-state index in [0.29, 0.717) is 17.1 Å². The third kappa shape index (κ3) is 2.51. The van der Waals surface area contributed by atoms with Gasteiger partial charge >= 0.3 is 5.97 Å². The molecule has 2 rings (SSSR count). The Morgan fingerprint density at radius 3 is 2.78 bits per heavy atom. The maximum Gasteiger partial charge on any atom is 0.342 e. The molecule has 0 unspecified atom stereocenters. The van der Waals surface area contributed by atoms with Gasteiger partial charge in [-0.15, -0.1) is 0 Å². The summed E-state index contributed by atoms with van der Waals surface area (Å²) in [6.45, 7) is 5.45. The summed E-state index contributed by atoms with van der Waals surface area (Å²) in [5.41, 5.74) is 1.39. The van der Waals surface area contributed by atoms with Gasteiger partial charge in [-0.1, -0.05) is 43.0 Å². The van der Waals surface area contributed by atoms with Crippen molar-refractivity contribution < 1.29 is 13.9 Å². The van der Waals surface area contributed by atoms with Crippen molar-refractivity contribution in [2.24, 2.45) is 0 Å². The molecule has 0 aliphatic heterocycles. The molecule has 1 aromatic carbocycles. The minimum absolute atomic E-state index is 0.199. The van der Waals surface area contributed by atoms with Gasteiger partial charge in [-0.3, -0.25) is 0 Å². The third-order valence-electron chi connectivity index (χ3n) is 2.53. The number of hydrogen-bond acceptors (Lipinski definition) is 3. The normalized spacial score (nSPS) is 10.1. The summed E-state index contributed by atoms with van der Waals surface area (Å²) < 4.78 is 10.6. The fraction of sp³-hybridized carbons (Fsp3) is 0.133. The van der Waals surface area contributed by atoms with Gasteiger partial charge in [-0.2, -0.15) is 0 Å². The van der Waals surface area contributed by atoms with Crippen molar-refractivity contribution in [2.75, 3.05) is 6.61 Å². The lowest BCUT2D eigenvalue weighted by Gasteiger charge is -1.98. The van der Waals surface area contributed by atoms with Crippen LogP contribution in [0.15, 0.2) is 53.5 Å². The van der Waals surface area contributed by atoms with Crippen LogP contribution in [0, 0.1) is 6.92 Å². The first kappa shape index (κ1) is 12.2. The van der Waals surface area contributed by atoms with Crippen molar-refractivity contribution >= 4 is 5.97 Å². The number of rotatable bonds is 4. The van der Waals surface area contributed by atoms with Crippen LogP contribution in [0.3, 0.4) is 0 Å². The highest BCUT2D eigenvalue weighted by Crippen LogP contribution is 2.25. The summed E-state index contributed by atoms with van der Waals surface area (Å²) in [4.78, 5) is 11.7. The smallest absolute Gasteiger partial charge is 0.342 e. The molecule has 0 spiro atoms. The summed E-state index contributed by atoms with van der Waals surface area (Å²) >= 11 is 0. The Morgan fingerprint density at radius 2 is 2.11 bits per heavy atom. The van der Waals surface area contributed by atoms with Crippen molar-refractivity contribution in [3.8, 4) is 11.3 Å². The molecule has 0 aliphatic rings. The molecule has 1 aromatic heterocycles. The van der Waals surface area contributed by atoms with Gasteiger partial charge in [0.25, 0.3) is 0 Å². The minimum atomic E-state index is -0.390. The van der Waals surface area contributed by atoms with E-state index < -0.39 is 5.97 Å².